The van der Waals surface area contributed by atoms with Gasteiger partial charge >= 0.3 is 0 Å². The highest BCUT2D eigenvalue weighted by atomic mass is 32.1. The molecule has 1 aromatic heterocycles. The fourth-order valence-electron chi connectivity index (χ4n) is 1.29. The first-order chi connectivity index (χ1) is 6.65. The van der Waals surface area contributed by atoms with Gasteiger partial charge in [-0.2, -0.15) is 0 Å². The molecule has 0 saturated carbocycles. The minimum Gasteiger partial charge on any atom is -0.358 e. The van der Waals surface area contributed by atoms with Crippen molar-refractivity contribution in [3.05, 3.63) is 22.4 Å². The molecule has 1 heterocycles. The van der Waals surface area contributed by atoms with Gasteiger partial charge in [0.25, 0.3) is 0 Å². The number of likely N-dealkylation sites (N-methyl/N-ethyl adjacent to an activating group) is 1. The van der Waals surface area contributed by atoms with E-state index in [4.69, 9.17) is 0 Å². The number of hydrogen-bond donors (Lipinski definition) is 2. The van der Waals surface area contributed by atoms with Gasteiger partial charge in [0, 0.05) is 18.0 Å². The Morgan fingerprint density at radius 3 is 2.71 bits per heavy atom. The van der Waals surface area contributed by atoms with E-state index in [-0.39, 0.29) is 18.0 Å². The molecule has 0 aliphatic carbocycles. The summed E-state index contributed by atoms with van der Waals surface area (Å²) in [5.74, 6) is 0.0217. The SMILES string of the molecule is CNC(=O)C(C)N[C@H](C)c1cccs1. The highest BCUT2D eigenvalue weighted by Crippen LogP contribution is 2.18. The summed E-state index contributed by atoms with van der Waals surface area (Å²) < 4.78 is 0. The maximum absolute atomic E-state index is 11.2. The van der Waals surface area contributed by atoms with Crippen molar-refractivity contribution in [2.75, 3.05) is 7.05 Å². The molecule has 4 heteroatoms. The van der Waals surface area contributed by atoms with E-state index < -0.39 is 0 Å². The topological polar surface area (TPSA) is 41.1 Å². The molecule has 0 bridgehead atoms. The molecule has 78 valence electrons. The predicted octanol–water partition coefficient (Wildman–Crippen LogP) is 1.53. The lowest BCUT2D eigenvalue weighted by Gasteiger charge is -2.17. The fraction of sp³-hybridized carbons (Fsp3) is 0.500. The molecule has 1 aromatic rings. The Morgan fingerprint density at radius 2 is 2.21 bits per heavy atom. The Bertz CT molecular complexity index is 284. The lowest BCUT2D eigenvalue weighted by Crippen LogP contribution is -2.41. The van der Waals surface area contributed by atoms with E-state index in [2.05, 4.69) is 23.6 Å². The van der Waals surface area contributed by atoms with E-state index in [0.717, 1.165) is 0 Å². The van der Waals surface area contributed by atoms with Gasteiger partial charge in [-0.25, -0.2) is 0 Å². The van der Waals surface area contributed by atoms with E-state index in [1.165, 1.54) is 4.88 Å². The molecule has 1 unspecified atom stereocenters. The van der Waals surface area contributed by atoms with Crippen molar-refractivity contribution in [3.8, 4) is 0 Å². The molecule has 0 radical (unpaired) electrons. The standard InChI is InChI=1S/C10H16N2OS/c1-7(9-5-4-6-14-9)12-8(2)10(13)11-3/h4-8,12H,1-3H3,(H,11,13)/t7-,8?/m1/s1. The van der Waals surface area contributed by atoms with Crippen LogP contribution in [0.15, 0.2) is 17.5 Å². The van der Waals surface area contributed by atoms with Crippen LogP contribution in [-0.2, 0) is 4.79 Å². The summed E-state index contributed by atoms with van der Waals surface area (Å²) >= 11 is 1.70. The van der Waals surface area contributed by atoms with Crippen LogP contribution < -0.4 is 10.6 Å². The van der Waals surface area contributed by atoms with Crippen molar-refractivity contribution >= 4 is 17.2 Å². The Balaban J connectivity index is 2.49. The number of carbonyl (C=O) groups excluding carboxylic acids is 1. The fourth-order valence-corrected chi connectivity index (χ4v) is 2.03. The first-order valence-corrected chi connectivity index (χ1v) is 5.54. The van der Waals surface area contributed by atoms with E-state index >= 15 is 0 Å². The second-order valence-electron chi connectivity index (χ2n) is 3.24. The summed E-state index contributed by atoms with van der Waals surface area (Å²) in [6.07, 6.45) is 0. The van der Waals surface area contributed by atoms with Crippen molar-refractivity contribution in [2.24, 2.45) is 0 Å². The zero-order valence-electron chi connectivity index (χ0n) is 8.70. The van der Waals surface area contributed by atoms with Crippen molar-refractivity contribution in [1.29, 1.82) is 0 Å². The molecule has 0 aliphatic heterocycles. The molecule has 1 amide bonds. The van der Waals surface area contributed by atoms with Gasteiger partial charge in [-0.15, -0.1) is 11.3 Å². The Morgan fingerprint density at radius 1 is 1.50 bits per heavy atom. The van der Waals surface area contributed by atoms with E-state index in [9.17, 15) is 4.79 Å². The molecule has 3 nitrogen and oxygen atoms in total. The van der Waals surface area contributed by atoms with Gasteiger partial charge < -0.3 is 5.32 Å². The third-order valence-corrected chi connectivity index (χ3v) is 3.16. The van der Waals surface area contributed by atoms with Crippen LogP contribution in [0.4, 0.5) is 0 Å². The first-order valence-electron chi connectivity index (χ1n) is 4.66. The third-order valence-electron chi connectivity index (χ3n) is 2.11. The molecular formula is C10H16N2OS. The van der Waals surface area contributed by atoms with Gasteiger partial charge in [-0.05, 0) is 25.3 Å². The van der Waals surface area contributed by atoms with Gasteiger partial charge in [0.15, 0.2) is 0 Å². The molecule has 0 aliphatic rings. The summed E-state index contributed by atoms with van der Waals surface area (Å²) in [6, 6.07) is 4.15. The smallest absolute Gasteiger partial charge is 0.236 e. The van der Waals surface area contributed by atoms with E-state index in [1.54, 1.807) is 18.4 Å². The van der Waals surface area contributed by atoms with Gasteiger partial charge in [0.1, 0.15) is 0 Å². The third kappa shape index (κ3) is 2.82. The molecule has 0 spiro atoms. The number of carbonyl (C=O) groups is 1. The van der Waals surface area contributed by atoms with Crippen LogP contribution in [0.1, 0.15) is 24.8 Å². The summed E-state index contributed by atoms with van der Waals surface area (Å²) in [4.78, 5) is 12.5. The number of hydrogen-bond acceptors (Lipinski definition) is 3. The Labute approximate surface area is 88.5 Å². The van der Waals surface area contributed by atoms with Crippen LogP contribution in [0.3, 0.4) is 0 Å². The van der Waals surface area contributed by atoms with Gasteiger partial charge in [-0.1, -0.05) is 6.07 Å². The number of nitrogens with one attached hydrogen (secondary N) is 2. The van der Waals surface area contributed by atoms with Crippen molar-refractivity contribution in [3.63, 3.8) is 0 Å². The van der Waals surface area contributed by atoms with Crippen LogP contribution in [0.5, 0.6) is 0 Å². The van der Waals surface area contributed by atoms with E-state index in [0.29, 0.717) is 0 Å². The number of amides is 1. The molecule has 1 rings (SSSR count). The molecule has 0 aromatic carbocycles. The second kappa shape index (κ2) is 5.12. The minimum atomic E-state index is -0.155. The van der Waals surface area contributed by atoms with Crippen LogP contribution in [-0.4, -0.2) is 19.0 Å². The molecule has 2 N–H and O–H groups in total. The predicted molar refractivity (Wildman–Crippen MR) is 59.4 cm³/mol. The zero-order valence-corrected chi connectivity index (χ0v) is 9.52. The lowest BCUT2D eigenvalue weighted by atomic mass is 10.2. The normalized spacial score (nSPS) is 14.8. The Kier molecular flexibility index (Phi) is 4.10. The summed E-state index contributed by atoms with van der Waals surface area (Å²) in [6.45, 7) is 3.92. The van der Waals surface area contributed by atoms with Gasteiger partial charge in [-0.3, -0.25) is 10.1 Å². The van der Waals surface area contributed by atoms with Crippen LogP contribution >= 0.6 is 11.3 Å². The quantitative estimate of drug-likeness (QED) is 0.794. The molecule has 14 heavy (non-hydrogen) atoms. The highest BCUT2D eigenvalue weighted by molar-refractivity contribution is 7.10. The molecule has 0 saturated heterocycles. The average molecular weight is 212 g/mol. The van der Waals surface area contributed by atoms with Crippen LogP contribution in [0, 0.1) is 0 Å². The largest absolute Gasteiger partial charge is 0.358 e. The first kappa shape index (κ1) is 11.2. The molecular weight excluding hydrogens is 196 g/mol. The second-order valence-corrected chi connectivity index (χ2v) is 4.22. The maximum atomic E-state index is 11.2. The van der Waals surface area contributed by atoms with Gasteiger partial charge in [0.05, 0.1) is 6.04 Å². The number of rotatable bonds is 4. The summed E-state index contributed by atoms with van der Waals surface area (Å²) in [5.41, 5.74) is 0. The monoisotopic (exact) mass is 212 g/mol. The summed E-state index contributed by atoms with van der Waals surface area (Å²) in [5, 5.41) is 7.89. The van der Waals surface area contributed by atoms with Crippen molar-refractivity contribution in [1.82, 2.24) is 10.6 Å². The van der Waals surface area contributed by atoms with Crippen LogP contribution in [0.2, 0.25) is 0 Å². The molecule has 2 atom stereocenters. The highest BCUT2D eigenvalue weighted by Gasteiger charge is 2.14. The van der Waals surface area contributed by atoms with Gasteiger partial charge in [0.2, 0.25) is 5.91 Å². The average Bonchev–Trinajstić information content (AvgIpc) is 2.69. The zero-order chi connectivity index (χ0) is 10.6. The van der Waals surface area contributed by atoms with Crippen LogP contribution in [0.25, 0.3) is 0 Å². The van der Waals surface area contributed by atoms with Crippen molar-refractivity contribution in [2.45, 2.75) is 25.9 Å². The lowest BCUT2D eigenvalue weighted by molar-refractivity contribution is -0.122. The van der Waals surface area contributed by atoms with Crippen molar-refractivity contribution < 1.29 is 4.79 Å². The maximum Gasteiger partial charge on any atom is 0.236 e. The Hall–Kier alpha value is -0.870. The summed E-state index contributed by atoms with van der Waals surface area (Å²) in [7, 11) is 1.65. The number of thiophene rings is 1. The minimum absolute atomic E-state index is 0.0217. The molecule has 0 fully saturated rings. The van der Waals surface area contributed by atoms with E-state index in [1.807, 2.05) is 18.4 Å².